The molecule has 3 rings (SSSR count). The molecule has 4 amide bonds. The fourth-order valence-electron chi connectivity index (χ4n) is 4.88. The number of carbonyl (C=O) groups excluding carboxylic acids is 4. The molecule has 2 saturated heterocycles. The van der Waals surface area contributed by atoms with E-state index >= 15 is 0 Å². The third kappa shape index (κ3) is 8.95. The number of hydrogen-bond donors (Lipinski definition) is 2. The van der Waals surface area contributed by atoms with Gasteiger partial charge in [-0.05, 0) is 63.3 Å². The highest BCUT2D eigenvalue weighted by Crippen LogP contribution is 2.32. The Balaban J connectivity index is 1.61. The average Bonchev–Trinajstić information content (AvgIpc) is 3.59. The maximum Gasteiger partial charge on any atom is 0.265 e. The zero-order valence-corrected chi connectivity index (χ0v) is 23.4. The average molecular weight is 557 g/mol. The standard InChI is InChI=1S/C27H42F2N4O4S/c1-3-5-6-7-10-21(24(35)31-38-20-12-13-20)30-25(36)22-11-8-16-33(22)26(37)19(4-2)17-23(34)32-15-9-14-27(28,29)18-32/h6-7,19-22H,3-5,8-18H2,1-2H3,(H,30,36)(H,31,35)/b7-6-/t19-,21?,22?/m1/s1. The minimum absolute atomic E-state index is 0.151. The predicted molar refractivity (Wildman–Crippen MR) is 143 cm³/mol. The quantitative estimate of drug-likeness (QED) is 0.266. The maximum absolute atomic E-state index is 13.8. The molecule has 0 spiro atoms. The van der Waals surface area contributed by atoms with Crippen molar-refractivity contribution in [1.82, 2.24) is 19.8 Å². The van der Waals surface area contributed by atoms with Gasteiger partial charge in [0.25, 0.3) is 11.8 Å². The van der Waals surface area contributed by atoms with Crippen molar-refractivity contribution in [2.45, 2.75) is 108 Å². The lowest BCUT2D eigenvalue weighted by molar-refractivity contribution is -0.148. The first-order chi connectivity index (χ1) is 18.1. The Morgan fingerprint density at radius 1 is 1.08 bits per heavy atom. The molecular formula is C27H42F2N4O4S. The van der Waals surface area contributed by atoms with E-state index in [1.807, 2.05) is 12.2 Å². The van der Waals surface area contributed by atoms with Gasteiger partial charge in [0.2, 0.25) is 17.7 Å². The summed E-state index contributed by atoms with van der Waals surface area (Å²) >= 11 is 1.39. The zero-order valence-electron chi connectivity index (χ0n) is 22.6. The third-order valence-corrected chi connectivity index (χ3v) is 8.45. The fraction of sp³-hybridized carbons (Fsp3) is 0.778. The number of carbonyl (C=O) groups is 4. The fourth-order valence-corrected chi connectivity index (χ4v) is 5.67. The van der Waals surface area contributed by atoms with Crippen molar-refractivity contribution in [3.05, 3.63) is 12.2 Å². The summed E-state index contributed by atoms with van der Waals surface area (Å²) in [5, 5.41) is 3.28. The highest BCUT2D eigenvalue weighted by Gasteiger charge is 2.41. The summed E-state index contributed by atoms with van der Waals surface area (Å²) in [5.41, 5.74) is 0. The van der Waals surface area contributed by atoms with E-state index in [4.69, 9.17) is 0 Å². The molecule has 3 aliphatic rings. The summed E-state index contributed by atoms with van der Waals surface area (Å²) in [6.45, 7) is 3.89. The lowest BCUT2D eigenvalue weighted by Crippen LogP contribution is -2.53. The molecule has 8 nitrogen and oxygen atoms in total. The highest BCUT2D eigenvalue weighted by atomic mass is 32.2. The van der Waals surface area contributed by atoms with Crippen LogP contribution in [0.4, 0.5) is 8.78 Å². The molecule has 1 saturated carbocycles. The van der Waals surface area contributed by atoms with Gasteiger partial charge in [0.1, 0.15) is 12.1 Å². The minimum atomic E-state index is -2.90. The number of halogens is 2. The summed E-state index contributed by atoms with van der Waals surface area (Å²) in [7, 11) is 0. The van der Waals surface area contributed by atoms with Crippen molar-refractivity contribution < 1.29 is 28.0 Å². The van der Waals surface area contributed by atoms with Crippen LogP contribution in [0.2, 0.25) is 0 Å². The molecule has 0 aromatic heterocycles. The van der Waals surface area contributed by atoms with Gasteiger partial charge in [-0.2, -0.15) is 0 Å². The van der Waals surface area contributed by atoms with Crippen LogP contribution in [0.3, 0.4) is 0 Å². The van der Waals surface area contributed by atoms with E-state index in [1.165, 1.54) is 16.8 Å². The van der Waals surface area contributed by atoms with Crippen LogP contribution in [-0.4, -0.2) is 76.3 Å². The van der Waals surface area contributed by atoms with E-state index in [0.29, 0.717) is 37.5 Å². The van der Waals surface area contributed by atoms with Gasteiger partial charge < -0.3 is 15.1 Å². The van der Waals surface area contributed by atoms with Crippen molar-refractivity contribution in [1.29, 1.82) is 0 Å². The molecule has 2 heterocycles. The Labute approximate surface area is 228 Å². The second-order valence-corrected chi connectivity index (χ2v) is 11.7. The van der Waals surface area contributed by atoms with Crippen LogP contribution in [0.25, 0.3) is 0 Å². The van der Waals surface area contributed by atoms with E-state index in [9.17, 15) is 28.0 Å². The van der Waals surface area contributed by atoms with E-state index in [1.54, 1.807) is 6.92 Å². The molecule has 0 radical (unpaired) electrons. The molecular weight excluding hydrogens is 514 g/mol. The number of likely N-dealkylation sites (tertiary alicyclic amines) is 2. The molecule has 38 heavy (non-hydrogen) atoms. The number of piperidine rings is 1. The maximum atomic E-state index is 13.8. The van der Waals surface area contributed by atoms with Crippen LogP contribution in [0.15, 0.2) is 12.2 Å². The van der Waals surface area contributed by atoms with Gasteiger partial charge in [-0.1, -0.05) is 32.4 Å². The SMILES string of the molecule is CCC/C=C\CC(NC(=O)C1CCCN1C(=O)[C@H](CC)CC(=O)N1CCCC(F)(F)C1)C(=O)NSC1CC1. The Morgan fingerprint density at radius 2 is 1.84 bits per heavy atom. The Morgan fingerprint density at radius 3 is 2.50 bits per heavy atom. The zero-order chi connectivity index (χ0) is 27.7. The summed E-state index contributed by atoms with van der Waals surface area (Å²) in [4.78, 5) is 54.9. The van der Waals surface area contributed by atoms with Crippen LogP contribution < -0.4 is 10.0 Å². The molecule has 2 unspecified atom stereocenters. The number of unbranched alkanes of at least 4 members (excludes halogenated alkanes) is 1. The first-order valence-corrected chi connectivity index (χ1v) is 14.9. The van der Waals surface area contributed by atoms with Crippen LogP contribution in [-0.2, 0) is 19.2 Å². The number of hydrogen-bond acceptors (Lipinski definition) is 5. The van der Waals surface area contributed by atoms with Crippen LogP contribution >= 0.6 is 11.9 Å². The number of rotatable bonds is 13. The summed E-state index contributed by atoms with van der Waals surface area (Å²) < 4.78 is 30.5. The number of nitrogens with zero attached hydrogens (tertiary/aromatic N) is 2. The number of nitrogens with one attached hydrogen (secondary N) is 2. The molecule has 2 N–H and O–H groups in total. The third-order valence-electron chi connectivity index (χ3n) is 7.32. The Bertz CT molecular complexity index is 883. The van der Waals surface area contributed by atoms with Gasteiger partial charge in [0.15, 0.2) is 0 Å². The molecule has 1 aliphatic carbocycles. The predicted octanol–water partition coefficient (Wildman–Crippen LogP) is 3.81. The van der Waals surface area contributed by atoms with Crippen LogP contribution in [0.1, 0.15) is 84.5 Å². The minimum Gasteiger partial charge on any atom is -0.342 e. The topological polar surface area (TPSA) is 98.8 Å². The van der Waals surface area contributed by atoms with Crippen molar-refractivity contribution in [3.8, 4) is 0 Å². The van der Waals surface area contributed by atoms with E-state index in [0.717, 1.165) is 30.6 Å². The Kier molecular flexibility index (Phi) is 11.4. The van der Waals surface area contributed by atoms with E-state index < -0.39 is 36.4 Å². The molecule has 0 bridgehead atoms. The van der Waals surface area contributed by atoms with Gasteiger partial charge >= 0.3 is 0 Å². The molecule has 0 aromatic carbocycles. The normalized spacial score (nSPS) is 22.8. The van der Waals surface area contributed by atoms with E-state index in [-0.39, 0.29) is 43.5 Å². The molecule has 3 atom stereocenters. The summed E-state index contributed by atoms with van der Waals surface area (Å²) in [6, 6.07) is -1.47. The van der Waals surface area contributed by atoms with Crippen LogP contribution in [0.5, 0.6) is 0 Å². The van der Waals surface area contributed by atoms with Gasteiger partial charge in [-0.15, -0.1) is 0 Å². The van der Waals surface area contributed by atoms with Crippen molar-refractivity contribution >= 4 is 35.6 Å². The van der Waals surface area contributed by atoms with Crippen molar-refractivity contribution in [2.75, 3.05) is 19.6 Å². The second-order valence-electron chi connectivity index (χ2n) is 10.6. The molecule has 11 heteroatoms. The summed E-state index contributed by atoms with van der Waals surface area (Å²) in [6.07, 6.45) is 9.58. The number of allylic oxidation sites excluding steroid dienone is 1. The Hall–Kier alpha value is -2.17. The molecule has 3 fully saturated rings. The van der Waals surface area contributed by atoms with Gasteiger partial charge in [0, 0.05) is 37.1 Å². The van der Waals surface area contributed by atoms with Gasteiger partial charge in [-0.25, -0.2) is 8.78 Å². The van der Waals surface area contributed by atoms with Crippen LogP contribution in [0, 0.1) is 5.92 Å². The highest BCUT2D eigenvalue weighted by molar-refractivity contribution is 7.98. The van der Waals surface area contributed by atoms with E-state index in [2.05, 4.69) is 17.0 Å². The second kappa shape index (κ2) is 14.3. The first-order valence-electron chi connectivity index (χ1n) is 14.0. The number of amides is 4. The lowest BCUT2D eigenvalue weighted by atomic mass is 9.98. The molecule has 214 valence electrons. The van der Waals surface area contributed by atoms with Gasteiger partial charge in [-0.3, -0.25) is 23.9 Å². The molecule has 2 aliphatic heterocycles. The molecule has 0 aromatic rings. The summed E-state index contributed by atoms with van der Waals surface area (Å²) in [5.74, 6) is -4.99. The first kappa shape index (κ1) is 30.4. The van der Waals surface area contributed by atoms with Crippen molar-refractivity contribution in [2.24, 2.45) is 5.92 Å². The van der Waals surface area contributed by atoms with Crippen molar-refractivity contribution in [3.63, 3.8) is 0 Å². The van der Waals surface area contributed by atoms with Gasteiger partial charge in [0.05, 0.1) is 6.54 Å². The largest absolute Gasteiger partial charge is 0.342 e. The smallest absolute Gasteiger partial charge is 0.265 e. The lowest BCUT2D eigenvalue weighted by Gasteiger charge is -2.34. The monoisotopic (exact) mass is 556 g/mol. The number of alkyl halides is 2.